The molecule has 2 aromatic rings. The SMILES string of the molecule is CCCCN(N=Nc1ccccc1)c1ccc(Cl)cc1. The summed E-state index contributed by atoms with van der Waals surface area (Å²) in [5.41, 5.74) is 1.85. The van der Waals surface area contributed by atoms with E-state index in [0.29, 0.717) is 0 Å². The van der Waals surface area contributed by atoms with Gasteiger partial charge in [0.25, 0.3) is 0 Å². The molecule has 0 aromatic heterocycles. The number of rotatable bonds is 6. The lowest BCUT2D eigenvalue weighted by Crippen LogP contribution is -2.16. The van der Waals surface area contributed by atoms with Crippen LogP contribution in [0.3, 0.4) is 0 Å². The summed E-state index contributed by atoms with van der Waals surface area (Å²) < 4.78 is 0. The standard InChI is InChI=1S/C16H18ClN3/c1-2-3-13-20(16-11-9-14(17)10-12-16)19-18-15-7-5-4-6-8-15/h4-12H,2-3,13H2,1H3. The van der Waals surface area contributed by atoms with Crippen molar-refractivity contribution in [2.24, 2.45) is 10.3 Å². The van der Waals surface area contributed by atoms with E-state index in [4.69, 9.17) is 11.6 Å². The lowest BCUT2D eigenvalue weighted by molar-refractivity contribution is 0.718. The summed E-state index contributed by atoms with van der Waals surface area (Å²) in [6, 6.07) is 17.4. The molecule has 104 valence electrons. The summed E-state index contributed by atoms with van der Waals surface area (Å²) in [7, 11) is 0. The highest BCUT2D eigenvalue weighted by Gasteiger charge is 2.04. The minimum atomic E-state index is 0.726. The number of halogens is 1. The topological polar surface area (TPSA) is 28.0 Å². The molecule has 0 aliphatic carbocycles. The maximum absolute atomic E-state index is 5.92. The third-order valence-corrected chi connectivity index (χ3v) is 3.12. The second-order valence-electron chi connectivity index (χ2n) is 4.48. The molecule has 0 aliphatic heterocycles. The second kappa shape index (κ2) is 7.65. The number of unbranched alkanes of at least 4 members (excludes halogenated alkanes) is 1. The van der Waals surface area contributed by atoms with Gasteiger partial charge in [0.1, 0.15) is 0 Å². The Morgan fingerprint density at radius 3 is 2.35 bits per heavy atom. The van der Waals surface area contributed by atoms with Crippen molar-refractivity contribution < 1.29 is 0 Å². The number of hydrogen-bond donors (Lipinski definition) is 0. The number of hydrogen-bond acceptors (Lipinski definition) is 2. The van der Waals surface area contributed by atoms with E-state index >= 15 is 0 Å². The lowest BCUT2D eigenvalue weighted by Gasteiger charge is -2.17. The van der Waals surface area contributed by atoms with Gasteiger partial charge in [-0.1, -0.05) is 48.4 Å². The van der Waals surface area contributed by atoms with E-state index in [1.54, 1.807) is 0 Å². The quantitative estimate of drug-likeness (QED) is 0.499. The average molecular weight is 288 g/mol. The Balaban J connectivity index is 2.15. The van der Waals surface area contributed by atoms with E-state index in [-0.39, 0.29) is 0 Å². The molecule has 0 atom stereocenters. The minimum Gasteiger partial charge on any atom is -0.247 e. The van der Waals surface area contributed by atoms with Gasteiger partial charge in [-0.05, 0) is 42.8 Å². The molecular formula is C16H18ClN3. The van der Waals surface area contributed by atoms with E-state index in [9.17, 15) is 0 Å². The Morgan fingerprint density at radius 1 is 1.00 bits per heavy atom. The highest BCUT2D eigenvalue weighted by atomic mass is 35.5. The Hall–Kier alpha value is -1.87. The van der Waals surface area contributed by atoms with Crippen molar-refractivity contribution in [2.75, 3.05) is 11.6 Å². The molecule has 20 heavy (non-hydrogen) atoms. The second-order valence-corrected chi connectivity index (χ2v) is 4.91. The third kappa shape index (κ3) is 4.35. The molecule has 0 saturated heterocycles. The van der Waals surface area contributed by atoms with Gasteiger partial charge in [-0.25, -0.2) is 5.01 Å². The van der Waals surface area contributed by atoms with Crippen LogP contribution in [0.15, 0.2) is 64.9 Å². The van der Waals surface area contributed by atoms with Gasteiger partial charge in [-0.15, -0.1) is 5.11 Å². The van der Waals surface area contributed by atoms with Crippen molar-refractivity contribution in [2.45, 2.75) is 19.8 Å². The van der Waals surface area contributed by atoms with Crippen LogP contribution in [-0.4, -0.2) is 6.54 Å². The molecule has 0 spiro atoms. The summed E-state index contributed by atoms with van der Waals surface area (Å²) in [4.78, 5) is 0. The molecule has 0 heterocycles. The molecule has 0 saturated carbocycles. The van der Waals surface area contributed by atoms with Crippen molar-refractivity contribution in [1.82, 2.24) is 0 Å². The van der Waals surface area contributed by atoms with Crippen LogP contribution in [0.1, 0.15) is 19.8 Å². The lowest BCUT2D eigenvalue weighted by atomic mass is 10.3. The van der Waals surface area contributed by atoms with Crippen LogP contribution in [0.2, 0.25) is 5.02 Å². The number of anilines is 1. The Labute approximate surface area is 124 Å². The molecular weight excluding hydrogens is 270 g/mol. The van der Waals surface area contributed by atoms with Crippen LogP contribution in [0.25, 0.3) is 0 Å². The first-order valence-corrected chi connectivity index (χ1v) is 7.17. The van der Waals surface area contributed by atoms with Crippen molar-refractivity contribution in [3.8, 4) is 0 Å². The number of benzene rings is 2. The molecule has 0 amide bonds. The van der Waals surface area contributed by atoms with Crippen LogP contribution in [-0.2, 0) is 0 Å². The Kier molecular flexibility index (Phi) is 5.56. The smallest absolute Gasteiger partial charge is 0.0874 e. The predicted molar refractivity (Wildman–Crippen MR) is 84.7 cm³/mol. The zero-order valence-corrected chi connectivity index (χ0v) is 12.3. The molecule has 3 nitrogen and oxygen atoms in total. The molecule has 0 unspecified atom stereocenters. The van der Waals surface area contributed by atoms with E-state index in [1.807, 2.05) is 59.6 Å². The van der Waals surface area contributed by atoms with Crippen LogP contribution >= 0.6 is 11.6 Å². The highest BCUT2D eigenvalue weighted by molar-refractivity contribution is 6.30. The summed E-state index contributed by atoms with van der Waals surface area (Å²) in [5.74, 6) is 0. The van der Waals surface area contributed by atoms with E-state index in [1.165, 1.54) is 0 Å². The summed E-state index contributed by atoms with van der Waals surface area (Å²) in [5, 5.41) is 11.3. The van der Waals surface area contributed by atoms with Gasteiger partial charge in [0.15, 0.2) is 0 Å². The molecule has 2 rings (SSSR count). The summed E-state index contributed by atoms with van der Waals surface area (Å²) >= 11 is 5.92. The van der Waals surface area contributed by atoms with Gasteiger partial charge >= 0.3 is 0 Å². The van der Waals surface area contributed by atoms with Crippen LogP contribution in [0.5, 0.6) is 0 Å². The zero-order valence-electron chi connectivity index (χ0n) is 11.5. The monoisotopic (exact) mass is 287 g/mol. The third-order valence-electron chi connectivity index (χ3n) is 2.87. The van der Waals surface area contributed by atoms with Gasteiger partial charge in [-0.2, -0.15) is 0 Å². The van der Waals surface area contributed by atoms with Gasteiger partial charge in [-0.3, -0.25) is 0 Å². The van der Waals surface area contributed by atoms with Crippen molar-refractivity contribution in [1.29, 1.82) is 0 Å². The van der Waals surface area contributed by atoms with Crippen molar-refractivity contribution >= 4 is 23.0 Å². The average Bonchev–Trinajstić information content (AvgIpc) is 2.50. The first-order chi connectivity index (χ1) is 9.79. The molecule has 0 aliphatic rings. The van der Waals surface area contributed by atoms with Crippen molar-refractivity contribution in [3.05, 3.63) is 59.6 Å². The van der Waals surface area contributed by atoms with Gasteiger partial charge < -0.3 is 0 Å². The number of nitrogens with zero attached hydrogens (tertiary/aromatic N) is 3. The van der Waals surface area contributed by atoms with Gasteiger partial charge in [0.05, 0.1) is 11.4 Å². The Morgan fingerprint density at radius 2 is 1.70 bits per heavy atom. The minimum absolute atomic E-state index is 0.726. The molecule has 0 fully saturated rings. The van der Waals surface area contributed by atoms with Gasteiger partial charge in [0, 0.05) is 11.6 Å². The van der Waals surface area contributed by atoms with E-state index in [2.05, 4.69) is 17.3 Å². The summed E-state index contributed by atoms with van der Waals surface area (Å²) in [6.45, 7) is 3.00. The molecule has 0 radical (unpaired) electrons. The fraction of sp³-hybridized carbons (Fsp3) is 0.250. The fourth-order valence-corrected chi connectivity index (χ4v) is 1.87. The molecule has 4 heteroatoms. The predicted octanol–water partition coefficient (Wildman–Crippen LogP) is 5.65. The highest BCUT2D eigenvalue weighted by Crippen LogP contribution is 2.20. The first kappa shape index (κ1) is 14.5. The zero-order chi connectivity index (χ0) is 14.2. The first-order valence-electron chi connectivity index (χ1n) is 6.79. The normalized spacial score (nSPS) is 10.9. The largest absolute Gasteiger partial charge is 0.247 e. The van der Waals surface area contributed by atoms with Crippen LogP contribution < -0.4 is 5.01 Å². The van der Waals surface area contributed by atoms with Gasteiger partial charge in [0.2, 0.25) is 0 Å². The van der Waals surface area contributed by atoms with Crippen LogP contribution in [0.4, 0.5) is 11.4 Å². The molecule has 0 bridgehead atoms. The Bertz CT molecular complexity index is 537. The molecule has 0 N–H and O–H groups in total. The van der Waals surface area contributed by atoms with Crippen molar-refractivity contribution in [3.63, 3.8) is 0 Å². The fourth-order valence-electron chi connectivity index (χ4n) is 1.75. The van der Waals surface area contributed by atoms with E-state index < -0.39 is 0 Å². The maximum atomic E-state index is 5.92. The maximum Gasteiger partial charge on any atom is 0.0874 e. The molecule has 2 aromatic carbocycles. The van der Waals surface area contributed by atoms with Crippen LogP contribution in [0, 0.1) is 0 Å². The van der Waals surface area contributed by atoms with E-state index in [0.717, 1.165) is 35.8 Å². The summed E-state index contributed by atoms with van der Waals surface area (Å²) in [6.07, 6.45) is 2.18.